The van der Waals surface area contributed by atoms with Crippen molar-refractivity contribution in [3.8, 4) is 0 Å². The first-order valence-corrected chi connectivity index (χ1v) is 11.1. The van der Waals surface area contributed by atoms with Gasteiger partial charge < -0.3 is 19.9 Å². The maximum absolute atomic E-state index is 10.6. The van der Waals surface area contributed by atoms with Crippen LogP contribution in [0.3, 0.4) is 0 Å². The lowest BCUT2D eigenvalue weighted by Crippen LogP contribution is -2.46. The van der Waals surface area contributed by atoms with Gasteiger partial charge in [0.05, 0.1) is 17.0 Å². The van der Waals surface area contributed by atoms with E-state index in [9.17, 15) is 5.11 Å². The minimum Gasteiger partial charge on any atom is -0.390 e. The number of rotatable bonds is 3. The van der Waals surface area contributed by atoms with Crippen LogP contribution < -0.4 is 9.80 Å². The Labute approximate surface area is 181 Å². The van der Waals surface area contributed by atoms with E-state index in [1.807, 2.05) is 12.3 Å². The van der Waals surface area contributed by atoms with Gasteiger partial charge in [-0.1, -0.05) is 18.5 Å². The molecule has 0 radical (unpaired) electrons. The number of aromatic nitrogens is 4. The topological polar surface area (TPSA) is 81.2 Å². The minimum atomic E-state index is -0.544. The predicted molar refractivity (Wildman–Crippen MR) is 119 cm³/mol. The van der Waals surface area contributed by atoms with Crippen LogP contribution in [0.1, 0.15) is 44.4 Å². The van der Waals surface area contributed by atoms with E-state index < -0.39 is 5.60 Å². The highest BCUT2D eigenvalue weighted by Crippen LogP contribution is 2.37. The van der Waals surface area contributed by atoms with Gasteiger partial charge in [0.15, 0.2) is 0 Å². The first kappa shape index (κ1) is 19.6. The fourth-order valence-corrected chi connectivity index (χ4v) is 4.99. The van der Waals surface area contributed by atoms with Crippen molar-refractivity contribution in [3.05, 3.63) is 41.1 Å². The van der Waals surface area contributed by atoms with Gasteiger partial charge >= 0.3 is 0 Å². The van der Waals surface area contributed by atoms with Crippen LogP contribution in [0, 0.1) is 0 Å². The quantitative estimate of drug-likeness (QED) is 0.621. The predicted octanol–water partition coefficient (Wildman–Crippen LogP) is 3.70. The Morgan fingerprint density at radius 2 is 2.10 bits per heavy atom. The SMILES string of the molecule is CCC1(O)CCN(c2ncnc3c2CN(c2cc(Cl)nc4[nH]ccc24)C(C)C3)CC1. The highest BCUT2D eigenvalue weighted by atomic mass is 35.5. The first-order chi connectivity index (χ1) is 14.5. The number of aromatic amines is 1. The van der Waals surface area contributed by atoms with Crippen molar-refractivity contribution in [3.63, 3.8) is 0 Å². The van der Waals surface area contributed by atoms with Gasteiger partial charge in [-0.15, -0.1) is 0 Å². The maximum atomic E-state index is 10.6. The van der Waals surface area contributed by atoms with E-state index in [1.165, 1.54) is 5.56 Å². The molecule has 2 N–H and O–H groups in total. The molecule has 1 atom stereocenters. The van der Waals surface area contributed by atoms with Crippen molar-refractivity contribution in [2.24, 2.45) is 0 Å². The zero-order valence-electron chi connectivity index (χ0n) is 17.4. The lowest BCUT2D eigenvalue weighted by molar-refractivity contribution is 0.0124. The molecule has 1 fully saturated rings. The van der Waals surface area contributed by atoms with Gasteiger partial charge in [-0.05, 0) is 38.3 Å². The molecule has 5 heterocycles. The van der Waals surface area contributed by atoms with E-state index in [4.69, 9.17) is 11.6 Å². The van der Waals surface area contributed by atoms with Crippen molar-refractivity contribution >= 4 is 34.1 Å². The Bertz CT molecular complexity index is 1070. The number of fused-ring (bicyclic) bond motifs is 2. The fourth-order valence-electron chi connectivity index (χ4n) is 4.80. The van der Waals surface area contributed by atoms with Gasteiger partial charge in [-0.25, -0.2) is 15.0 Å². The van der Waals surface area contributed by atoms with Crippen molar-refractivity contribution in [1.82, 2.24) is 19.9 Å². The number of piperidine rings is 1. The number of nitrogens with one attached hydrogen (secondary N) is 1. The lowest BCUT2D eigenvalue weighted by atomic mass is 9.88. The van der Waals surface area contributed by atoms with Crippen molar-refractivity contribution < 1.29 is 5.11 Å². The summed E-state index contributed by atoms with van der Waals surface area (Å²) in [4.78, 5) is 21.5. The average molecular weight is 427 g/mol. The Morgan fingerprint density at radius 1 is 1.30 bits per heavy atom. The number of nitrogens with zero attached hydrogens (tertiary/aromatic N) is 5. The molecule has 2 aliphatic heterocycles. The third-order valence-corrected chi connectivity index (χ3v) is 6.99. The maximum Gasteiger partial charge on any atom is 0.141 e. The average Bonchev–Trinajstić information content (AvgIpc) is 3.21. The number of hydrogen-bond donors (Lipinski definition) is 2. The van der Waals surface area contributed by atoms with Crippen LogP contribution in [-0.4, -0.2) is 49.8 Å². The third-order valence-electron chi connectivity index (χ3n) is 6.80. The molecule has 3 aromatic rings. The summed E-state index contributed by atoms with van der Waals surface area (Å²) in [5, 5.41) is 12.2. The van der Waals surface area contributed by atoms with E-state index in [1.54, 1.807) is 6.33 Å². The molecule has 1 unspecified atom stereocenters. The molecule has 158 valence electrons. The second-order valence-electron chi connectivity index (χ2n) is 8.57. The zero-order valence-corrected chi connectivity index (χ0v) is 18.2. The van der Waals surface area contributed by atoms with E-state index in [0.29, 0.717) is 5.15 Å². The summed E-state index contributed by atoms with van der Waals surface area (Å²) in [6.45, 7) is 6.63. The van der Waals surface area contributed by atoms with Gasteiger partial charge in [-0.3, -0.25) is 0 Å². The molecule has 5 rings (SSSR count). The highest BCUT2D eigenvalue weighted by molar-refractivity contribution is 6.30. The number of halogens is 1. The first-order valence-electron chi connectivity index (χ1n) is 10.7. The largest absolute Gasteiger partial charge is 0.390 e. The summed E-state index contributed by atoms with van der Waals surface area (Å²) in [5.74, 6) is 1.00. The smallest absolute Gasteiger partial charge is 0.141 e. The molecule has 30 heavy (non-hydrogen) atoms. The highest BCUT2D eigenvalue weighted by Gasteiger charge is 2.34. The van der Waals surface area contributed by atoms with Gasteiger partial charge in [0, 0.05) is 49.2 Å². The molecule has 7 nitrogen and oxygen atoms in total. The number of H-pyrrole nitrogens is 1. The summed E-state index contributed by atoms with van der Waals surface area (Å²) in [5.41, 5.74) is 3.63. The molecule has 0 saturated carbocycles. The second-order valence-corrected chi connectivity index (χ2v) is 8.96. The zero-order chi connectivity index (χ0) is 20.9. The minimum absolute atomic E-state index is 0.281. The number of aliphatic hydroxyl groups is 1. The Kier molecular flexibility index (Phi) is 4.82. The summed E-state index contributed by atoms with van der Waals surface area (Å²) >= 11 is 6.33. The summed E-state index contributed by atoms with van der Waals surface area (Å²) in [7, 11) is 0. The van der Waals surface area contributed by atoms with Crippen molar-refractivity contribution in [2.75, 3.05) is 22.9 Å². The summed E-state index contributed by atoms with van der Waals surface area (Å²) in [6, 6.07) is 4.28. The number of pyridine rings is 1. The summed E-state index contributed by atoms with van der Waals surface area (Å²) < 4.78 is 0. The standard InChI is InChI=1S/C22H27ClN6O/c1-3-22(30)5-8-28(9-6-22)21-16-12-29(14(2)10-17(16)25-13-26-21)18-11-19(23)27-20-15(18)4-7-24-20/h4,7,11,13-14,30H,3,5-6,8-10,12H2,1-2H3,(H,24,27). The number of anilines is 2. The molecule has 0 aromatic carbocycles. The molecule has 3 aromatic heterocycles. The van der Waals surface area contributed by atoms with Gasteiger partial charge in [0.1, 0.15) is 22.9 Å². The van der Waals surface area contributed by atoms with Crippen LogP contribution >= 0.6 is 11.6 Å². The van der Waals surface area contributed by atoms with E-state index in [0.717, 1.165) is 73.6 Å². The van der Waals surface area contributed by atoms with Crippen LogP contribution in [0.2, 0.25) is 5.15 Å². The normalized spacial score (nSPS) is 21.1. The van der Waals surface area contributed by atoms with Gasteiger partial charge in [0.25, 0.3) is 0 Å². The molecular formula is C22H27ClN6O. The lowest BCUT2D eigenvalue weighted by Gasteiger charge is -2.41. The molecule has 1 saturated heterocycles. The molecule has 8 heteroatoms. The van der Waals surface area contributed by atoms with E-state index >= 15 is 0 Å². The number of hydrogen-bond acceptors (Lipinski definition) is 6. The van der Waals surface area contributed by atoms with Crippen molar-refractivity contribution in [2.45, 2.75) is 57.7 Å². The Morgan fingerprint density at radius 3 is 2.87 bits per heavy atom. The van der Waals surface area contributed by atoms with Crippen LogP contribution in [-0.2, 0) is 13.0 Å². The summed E-state index contributed by atoms with van der Waals surface area (Å²) in [6.07, 6.45) is 6.77. The molecule has 0 amide bonds. The van der Waals surface area contributed by atoms with Crippen LogP contribution in [0.25, 0.3) is 11.0 Å². The Hall–Kier alpha value is -2.38. The van der Waals surface area contributed by atoms with E-state index in [2.05, 4.69) is 49.6 Å². The monoisotopic (exact) mass is 426 g/mol. The third kappa shape index (κ3) is 3.30. The second kappa shape index (κ2) is 7.39. The molecule has 2 aliphatic rings. The van der Waals surface area contributed by atoms with Crippen LogP contribution in [0.4, 0.5) is 11.5 Å². The van der Waals surface area contributed by atoms with Crippen LogP contribution in [0.15, 0.2) is 24.7 Å². The van der Waals surface area contributed by atoms with Gasteiger partial charge in [0.2, 0.25) is 0 Å². The van der Waals surface area contributed by atoms with Gasteiger partial charge in [-0.2, -0.15) is 0 Å². The molecule has 0 spiro atoms. The molecule has 0 bridgehead atoms. The molecular weight excluding hydrogens is 400 g/mol. The fraction of sp³-hybridized carbons (Fsp3) is 0.500. The van der Waals surface area contributed by atoms with Crippen LogP contribution in [0.5, 0.6) is 0 Å². The van der Waals surface area contributed by atoms with Crippen molar-refractivity contribution in [1.29, 1.82) is 0 Å². The van der Waals surface area contributed by atoms with E-state index in [-0.39, 0.29) is 6.04 Å². The molecule has 0 aliphatic carbocycles. The Balaban J connectivity index is 1.50.